The van der Waals surface area contributed by atoms with Crippen molar-refractivity contribution in [1.82, 2.24) is 9.55 Å². The Morgan fingerprint density at radius 1 is 0.463 bits per heavy atom. The summed E-state index contributed by atoms with van der Waals surface area (Å²) in [5, 5.41) is 7.79. The summed E-state index contributed by atoms with van der Waals surface area (Å²) >= 11 is 0. The molecule has 1 aromatic heterocycles. The highest BCUT2D eigenvalue weighted by molar-refractivity contribution is 6.24. The zero-order valence-electron chi connectivity index (χ0n) is 29.8. The second kappa shape index (κ2) is 10.9. The molecular formula is C52H34N2. The molecule has 1 heterocycles. The summed E-state index contributed by atoms with van der Waals surface area (Å²) < 4.78 is 2.34. The van der Waals surface area contributed by atoms with Crippen LogP contribution in [0, 0.1) is 0 Å². The van der Waals surface area contributed by atoms with Crippen LogP contribution in [0.5, 0.6) is 0 Å². The summed E-state index contributed by atoms with van der Waals surface area (Å²) in [4.78, 5) is 5.03. The number of hydrogen-bond donors (Lipinski definition) is 0. The van der Waals surface area contributed by atoms with Crippen LogP contribution in [0.1, 0.15) is 35.0 Å². The van der Waals surface area contributed by atoms with Crippen molar-refractivity contribution in [2.45, 2.75) is 18.8 Å². The van der Waals surface area contributed by atoms with Gasteiger partial charge >= 0.3 is 0 Å². The van der Waals surface area contributed by atoms with E-state index in [1.54, 1.807) is 0 Å². The van der Waals surface area contributed by atoms with Gasteiger partial charge in [0.05, 0.1) is 16.4 Å². The number of imidazole rings is 1. The maximum absolute atomic E-state index is 5.03. The Bertz CT molecular complexity index is 3170. The monoisotopic (exact) mass is 686 g/mol. The van der Waals surface area contributed by atoms with Crippen molar-refractivity contribution in [1.29, 1.82) is 0 Å². The topological polar surface area (TPSA) is 17.8 Å². The van der Waals surface area contributed by atoms with E-state index >= 15 is 0 Å². The molecule has 1 spiro atoms. The Hall–Kier alpha value is -6.77. The third-order valence-electron chi connectivity index (χ3n) is 12.3. The molecule has 0 saturated carbocycles. The SMILES string of the molecule is CCc1nc2ccccc2n1-c1cccc(-c2cc3c(c4ccccc24)-c2c(c4ccccc4c4ccccc24)C32c3ccccc3-c3ccccc32)c1. The van der Waals surface area contributed by atoms with Gasteiger partial charge in [0.1, 0.15) is 5.82 Å². The fourth-order valence-electron chi connectivity index (χ4n) is 10.3. The second-order valence-corrected chi connectivity index (χ2v) is 14.8. The van der Waals surface area contributed by atoms with Crippen molar-refractivity contribution >= 4 is 43.4 Å². The van der Waals surface area contributed by atoms with E-state index in [-0.39, 0.29) is 0 Å². The summed E-state index contributed by atoms with van der Waals surface area (Å²) in [6.07, 6.45) is 0.849. The predicted octanol–water partition coefficient (Wildman–Crippen LogP) is 13.1. The van der Waals surface area contributed by atoms with Gasteiger partial charge in [0.2, 0.25) is 0 Å². The summed E-state index contributed by atoms with van der Waals surface area (Å²) in [6, 6.07) is 65.7. The molecule has 0 unspecified atom stereocenters. The lowest BCUT2D eigenvalue weighted by molar-refractivity contribution is 0.803. The first-order chi connectivity index (χ1) is 26.8. The van der Waals surface area contributed by atoms with E-state index in [9.17, 15) is 0 Å². The van der Waals surface area contributed by atoms with Gasteiger partial charge in [-0.05, 0) is 118 Å². The number of nitrogens with zero attached hydrogens (tertiary/aromatic N) is 2. The lowest BCUT2D eigenvalue weighted by Crippen LogP contribution is -2.26. The van der Waals surface area contributed by atoms with Crippen molar-refractivity contribution in [3.63, 3.8) is 0 Å². The zero-order chi connectivity index (χ0) is 35.5. The first-order valence-corrected chi connectivity index (χ1v) is 19.0. The molecule has 9 aromatic carbocycles. The largest absolute Gasteiger partial charge is 0.296 e. The van der Waals surface area contributed by atoms with Crippen LogP contribution in [0.2, 0.25) is 0 Å². The standard InChI is InChI=1S/C52H34N2/c1-2-48-53-46-28-13-14-29-47(46)54(48)33-17-15-16-32(30-33)42-31-45-49(39-23-6-4-20-36(39)42)50-40-24-7-3-18-34(40)35-19-5-8-25-41(35)51(50)52(45)43-26-11-9-21-37(43)38-22-10-12-27-44(38)52/h3-31H,2H2,1H3. The van der Waals surface area contributed by atoms with Gasteiger partial charge in [-0.3, -0.25) is 4.57 Å². The van der Waals surface area contributed by atoms with Crippen LogP contribution in [-0.4, -0.2) is 9.55 Å². The van der Waals surface area contributed by atoms with E-state index in [0.717, 1.165) is 29.0 Å². The van der Waals surface area contributed by atoms with Crippen LogP contribution in [0.15, 0.2) is 176 Å². The van der Waals surface area contributed by atoms with Gasteiger partial charge in [0.25, 0.3) is 0 Å². The van der Waals surface area contributed by atoms with Crippen molar-refractivity contribution in [3.05, 3.63) is 204 Å². The van der Waals surface area contributed by atoms with Gasteiger partial charge < -0.3 is 0 Å². The predicted molar refractivity (Wildman–Crippen MR) is 225 cm³/mol. The Morgan fingerprint density at radius 3 is 1.76 bits per heavy atom. The number of hydrogen-bond acceptors (Lipinski definition) is 1. The third kappa shape index (κ3) is 3.67. The molecule has 0 amide bonds. The molecule has 2 aliphatic carbocycles. The minimum atomic E-state index is -0.506. The minimum Gasteiger partial charge on any atom is -0.296 e. The minimum absolute atomic E-state index is 0.506. The molecule has 54 heavy (non-hydrogen) atoms. The summed E-state index contributed by atoms with van der Waals surface area (Å²) in [7, 11) is 0. The normalized spacial score (nSPS) is 13.5. The van der Waals surface area contributed by atoms with E-state index in [1.807, 2.05) is 0 Å². The number of benzene rings is 9. The van der Waals surface area contributed by atoms with E-state index in [2.05, 4.69) is 187 Å². The molecule has 2 aliphatic rings. The average Bonchev–Trinajstić information content (AvgIpc) is 3.88. The smallest absolute Gasteiger partial charge is 0.114 e. The number of rotatable bonds is 3. The molecular weight excluding hydrogens is 653 g/mol. The van der Waals surface area contributed by atoms with E-state index in [4.69, 9.17) is 4.98 Å². The number of aromatic nitrogens is 2. The van der Waals surface area contributed by atoms with Gasteiger partial charge in [-0.25, -0.2) is 4.98 Å². The Labute approximate surface area is 313 Å². The lowest BCUT2D eigenvalue weighted by Gasteiger charge is -2.32. The molecule has 0 fully saturated rings. The molecule has 0 radical (unpaired) electrons. The summed E-state index contributed by atoms with van der Waals surface area (Å²) in [6.45, 7) is 2.19. The lowest BCUT2D eigenvalue weighted by atomic mass is 9.68. The first kappa shape index (κ1) is 29.8. The van der Waals surface area contributed by atoms with Gasteiger partial charge in [-0.2, -0.15) is 0 Å². The number of aryl methyl sites for hydroxylation is 1. The molecule has 0 N–H and O–H groups in total. The van der Waals surface area contributed by atoms with Gasteiger partial charge in [0, 0.05) is 12.1 Å². The maximum atomic E-state index is 5.03. The highest BCUT2D eigenvalue weighted by Gasteiger charge is 2.53. The van der Waals surface area contributed by atoms with Crippen LogP contribution in [0.3, 0.4) is 0 Å². The van der Waals surface area contributed by atoms with Crippen LogP contribution in [-0.2, 0) is 11.8 Å². The highest BCUT2D eigenvalue weighted by atomic mass is 15.1. The Morgan fingerprint density at radius 2 is 1.04 bits per heavy atom. The van der Waals surface area contributed by atoms with Gasteiger partial charge in [-0.1, -0.05) is 153 Å². The Balaban J connectivity index is 1.26. The number of fused-ring (bicyclic) bond motifs is 18. The van der Waals surface area contributed by atoms with Crippen molar-refractivity contribution in [2.24, 2.45) is 0 Å². The van der Waals surface area contributed by atoms with Gasteiger partial charge in [-0.15, -0.1) is 0 Å². The van der Waals surface area contributed by atoms with E-state index in [1.165, 1.54) is 88.0 Å². The van der Waals surface area contributed by atoms with Crippen LogP contribution in [0.25, 0.3) is 82.4 Å². The van der Waals surface area contributed by atoms with Crippen LogP contribution >= 0.6 is 0 Å². The van der Waals surface area contributed by atoms with Crippen LogP contribution < -0.4 is 0 Å². The second-order valence-electron chi connectivity index (χ2n) is 14.8. The summed E-state index contributed by atoms with van der Waals surface area (Å²) in [5.41, 5.74) is 16.1. The molecule has 10 aromatic rings. The molecule has 0 atom stereocenters. The van der Waals surface area contributed by atoms with E-state index < -0.39 is 5.41 Å². The molecule has 0 bridgehead atoms. The van der Waals surface area contributed by atoms with Crippen molar-refractivity contribution in [3.8, 4) is 39.1 Å². The molecule has 2 nitrogen and oxygen atoms in total. The van der Waals surface area contributed by atoms with Gasteiger partial charge in [0.15, 0.2) is 0 Å². The summed E-state index contributed by atoms with van der Waals surface area (Å²) in [5.74, 6) is 1.07. The van der Waals surface area contributed by atoms with Crippen LogP contribution in [0.4, 0.5) is 0 Å². The number of para-hydroxylation sites is 2. The zero-order valence-corrected chi connectivity index (χ0v) is 29.8. The van der Waals surface area contributed by atoms with Crippen molar-refractivity contribution in [2.75, 3.05) is 0 Å². The fraction of sp³-hybridized carbons (Fsp3) is 0.0577. The molecule has 0 aliphatic heterocycles. The van der Waals surface area contributed by atoms with Crippen molar-refractivity contribution < 1.29 is 0 Å². The molecule has 2 heteroatoms. The highest BCUT2D eigenvalue weighted by Crippen LogP contribution is 2.67. The molecule has 12 rings (SSSR count). The first-order valence-electron chi connectivity index (χ1n) is 19.0. The maximum Gasteiger partial charge on any atom is 0.114 e. The third-order valence-corrected chi connectivity index (χ3v) is 12.3. The average molecular weight is 687 g/mol. The fourth-order valence-corrected chi connectivity index (χ4v) is 10.3. The molecule has 252 valence electrons. The Kier molecular flexibility index (Phi) is 6.00. The molecule has 0 saturated heterocycles. The quantitative estimate of drug-likeness (QED) is 0.169. The van der Waals surface area contributed by atoms with E-state index in [0.29, 0.717) is 0 Å².